The number of azide groups is 1. The molecule has 18 heavy (non-hydrogen) atoms. The third kappa shape index (κ3) is 3.97. The maximum atomic E-state index is 13.2. The summed E-state index contributed by atoms with van der Waals surface area (Å²) >= 11 is 0. The number of rotatable bonds is 6. The second-order valence-electron chi connectivity index (χ2n) is 3.81. The SMILES string of the molecule is [N-]=[N+]=NCCC(O)C(O)c1cc(F)cc(CO)c1. The van der Waals surface area contributed by atoms with Crippen LogP contribution < -0.4 is 0 Å². The van der Waals surface area contributed by atoms with Gasteiger partial charge in [-0.3, -0.25) is 0 Å². The van der Waals surface area contributed by atoms with E-state index in [1.54, 1.807) is 0 Å². The van der Waals surface area contributed by atoms with Crippen LogP contribution in [0.4, 0.5) is 4.39 Å². The molecule has 0 fully saturated rings. The number of aliphatic hydroxyl groups is 3. The largest absolute Gasteiger partial charge is 0.392 e. The van der Waals surface area contributed by atoms with E-state index in [9.17, 15) is 14.6 Å². The van der Waals surface area contributed by atoms with Crippen molar-refractivity contribution in [2.24, 2.45) is 5.11 Å². The van der Waals surface area contributed by atoms with E-state index in [0.29, 0.717) is 5.56 Å². The van der Waals surface area contributed by atoms with E-state index in [2.05, 4.69) is 10.0 Å². The molecule has 0 amide bonds. The van der Waals surface area contributed by atoms with Gasteiger partial charge in [0, 0.05) is 11.5 Å². The summed E-state index contributed by atoms with van der Waals surface area (Å²) in [6.07, 6.45) is -2.39. The van der Waals surface area contributed by atoms with E-state index in [1.165, 1.54) is 6.07 Å². The van der Waals surface area contributed by atoms with Crippen LogP contribution in [-0.2, 0) is 6.61 Å². The van der Waals surface area contributed by atoms with Crippen LogP contribution in [0.15, 0.2) is 23.3 Å². The first-order valence-corrected chi connectivity index (χ1v) is 5.35. The molecule has 0 bridgehead atoms. The average Bonchev–Trinajstić information content (AvgIpc) is 2.37. The fourth-order valence-corrected chi connectivity index (χ4v) is 1.55. The summed E-state index contributed by atoms with van der Waals surface area (Å²) in [6, 6.07) is 3.63. The van der Waals surface area contributed by atoms with Gasteiger partial charge in [-0.2, -0.15) is 0 Å². The van der Waals surface area contributed by atoms with Gasteiger partial charge in [-0.25, -0.2) is 4.39 Å². The molecule has 98 valence electrons. The minimum Gasteiger partial charge on any atom is -0.392 e. The van der Waals surface area contributed by atoms with Crippen LogP contribution in [-0.4, -0.2) is 28.0 Å². The molecule has 0 aliphatic heterocycles. The van der Waals surface area contributed by atoms with Gasteiger partial charge in [0.05, 0.1) is 12.7 Å². The lowest BCUT2D eigenvalue weighted by molar-refractivity contribution is 0.0148. The summed E-state index contributed by atoms with van der Waals surface area (Å²) in [5.41, 5.74) is 8.56. The van der Waals surface area contributed by atoms with Gasteiger partial charge < -0.3 is 15.3 Å². The minimum absolute atomic E-state index is 0.0386. The number of hydrogen-bond donors (Lipinski definition) is 3. The number of nitrogens with zero attached hydrogens (tertiary/aromatic N) is 3. The van der Waals surface area contributed by atoms with Gasteiger partial charge in [0.25, 0.3) is 0 Å². The highest BCUT2D eigenvalue weighted by molar-refractivity contribution is 5.26. The molecule has 0 heterocycles. The summed E-state index contributed by atoms with van der Waals surface area (Å²) < 4.78 is 13.2. The highest BCUT2D eigenvalue weighted by atomic mass is 19.1. The Bertz CT molecular complexity index is 449. The maximum absolute atomic E-state index is 13.2. The monoisotopic (exact) mass is 255 g/mol. The van der Waals surface area contributed by atoms with Crippen LogP contribution in [0.25, 0.3) is 10.4 Å². The van der Waals surface area contributed by atoms with Gasteiger partial charge in [0.2, 0.25) is 0 Å². The minimum atomic E-state index is -1.29. The Morgan fingerprint density at radius 2 is 2.06 bits per heavy atom. The van der Waals surface area contributed by atoms with Crippen molar-refractivity contribution in [2.75, 3.05) is 6.54 Å². The molecule has 2 atom stereocenters. The van der Waals surface area contributed by atoms with Crippen molar-refractivity contribution in [3.8, 4) is 0 Å². The van der Waals surface area contributed by atoms with Crippen LogP contribution in [0.1, 0.15) is 23.7 Å². The molecular weight excluding hydrogens is 241 g/mol. The van der Waals surface area contributed by atoms with Gasteiger partial charge >= 0.3 is 0 Å². The van der Waals surface area contributed by atoms with Gasteiger partial charge in [-0.05, 0) is 35.2 Å². The molecule has 2 unspecified atom stereocenters. The van der Waals surface area contributed by atoms with Gasteiger partial charge in [-0.1, -0.05) is 11.2 Å². The van der Waals surface area contributed by atoms with Crippen molar-refractivity contribution in [2.45, 2.75) is 25.2 Å². The van der Waals surface area contributed by atoms with Gasteiger partial charge in [-0.15, -0.1) is 0 Å². The van der Waals surface area contributed by atoms with E-state index < -0.39 is 18.0 Å². The molecule has 0 saturated carbocycles. The lowest BCUT2D eigenvalue weighted by Gasteiger charge is -2.18. The number of benzene rings is 1. The molecule has 0 saturated heterocycles. The summed E-state index contributed by atoms with van der Waals surface area (Å²) in [5, 5.41) is 31.6. The Morgan fingerprint density at radius 1 is 1.33 bits per heavy atom. The lowest BCUT2D eigenvalue weighted by Crippen LogP contribution is -2.19. The third-order valence-corrected chi connectivity index (χ3v) is 2.46. The van der Waals surface area contributed by atoms with E-state index in [4.69, 9.17) is 10.6 Å². The Hall–Kier alpha value is -1.66. The standard InChI is InChI=1S/C11H14FN3O3/c12-9-4-7(6-16)3-8(5-9)11(18)10(17)1-2-14-15-13/h3-5,10-11,16-18H,1-2,6H2. The van der Waals surface area contributed by atoms with Crippen molar-refractivity contribution in [1.29, 1.82) is 0 Å². The topological polar surface area (TPSA) is 109 Å². The van der Waals surface area contributed by atoms with Crippen LogP contribution in [0.3, 0.4) is 0 Å². The lowest BCUT2D eigenvalue weighted by atomic mass is 10.00. The predicted molar refractivity (Wildman–Crippen MR) is 61.9 cm³/mol. The van der Waals surface area contributed by atoms with Crippen LogP contribution >= 0.6 is 0 Å². The normalized spacial score (nSPS) is 13.8. The van der Waals surface area contributed by atoms with E-state index in [-0.39, 0.29) is 25.1 Å². The zero-order valence-corrected chi connectivity index (χ0v) is 9.57. The smallest absolute Gasteiger partial charge is 0.123 e. The molecule has 0 aromatic heterocycles. The number of aliphatic hydroxyl groups excluding tert-OH is 3. The van der Waals surface area contributed by atoms with Crippen molar-refractivity contribution in [3.63, 3.8) is 0 Å². The van der Waals surface area contributed by atoms with Crippen molar-refractivity contribution in [3.05, 3.63) is 45.6 Å². The van der Waals surface area contributed by atoms with E-state index >= 15 is 0 Å². The first-order chi connectivity index (χ1) is 8.58. The van der Waals surface area contributed by atoms with Crippen molar-refractivity contribution < 1.29 is 19.7 Å². The molecule has 0 spiro atoms. The molecule has 1 aromatic rings. The van der Waals surface area contributed by atoms with Gasteiger partial charge in [0.15, 0.2) is 0 Å². The van der Waals surface area contributed by atoms with Crippen LogP contribution in [0.5, 0.6) is 0 Å². The van der Waals surface area contributed by atoms with Crippen LogP contribution in [0.2, 0.25) is 0 Å². The highest BCUT2D eigenvalue weighted by Crippen LogP contribution is 2.21. The molecular formula is C11H14FN3O3. The summed E-state index contributed by atoms with van der Waals surface area (Å²) in [6.45, 7) is -0.316. The Kier molecular flexibility index (Phi) is 5.54. The van der Waals surface area contributed by atoms with Gasteiger partial charge in [0.1, 0.15) is 11.9 Å². The second-order valence-corrected chi connectivity index (χ2v) is 3.81. The molecule has 0 aliphatic rings. The van der Waals surface area contributed by atoms with E-state index in [1.807, 2.05) is 0 Å². The predicted octanol–water partition coefficient (Wildman–Crippen LogP) is 1.41. The zero-order valence-electron chi connectivity index (χ0n) is 9.57. The molecule has 0 radical (unpaired) electrons. The first-order valence-electron chi connectivity index (χ1n) is 5.35. The Labute approximate surface area is 103 Å². The fraction of sp³-hybridized carbons (Fsp3) is 0.455. The van der Waals surface area contributed by atoms with Crippen molar-refractivity contribution in [1.82, 2.24) is 0 Å². The highest BCUT2D eigenvalue weighted by Gasteiger charge is 2.18. The van der Waals surface area contributed by atoms with Crippen molar-refractivity contribution >= 4 is 0 Å². The fourth-order valence-electron chi connectivity index (χ4n) is 1.55. The number of hydrogen-bond acceptors (Lipinski definition) is 4. The van der Waals surface area contributed by atoms with E-state index in [0.717, 1.165) is 12.1 Å². The zero-order chi connectivity index (χ0) is 13.5. The molecule has 3 N–H and O–H groups in total. The maximum Gasteiger partial charge on any atom is 0.123 e. The Morgan fingerprint density at radius 3 is 2.67 bits per heavy atom. The molecule has 0 aliphatic carbocycles. The summed E-state index contributed by atoms with van der Waals surface area (Å²) in [4.78, 5) is 2.52. The number of halogens is 1. The first kappa shape index (κ1) is 14.4. The molecule has 6 nitrogen and oxygen atoms in total. The molecule has 7 heteroatoms. The summed E-state index contributed by atoms with van der Waals surface area (Å²) in [5.74, 6) is -0.599. The summed E-state index contributed by atoms with van der Waals surface area (Å²) in [7, 11) is 0. The molecule has 1 aromatic carbocycles. The quantitative estimate of drug-likeness (QED) is 0.406. The average molecular weight is 255 g/mol. The Balaban J connectivity index is 2.78. The third-order valence-electron chi connectivity index (χ3n) is 2.46. The van der Waals surface area contributed by atoms with Crippen LogP contribution in [0, 0.1) is 5.82 Å². The molecule has 1 rings (SSSR count). The second kappa shape index (κ2) is 6.93.